The van der Waals surface area contributed by atoms with E-state index >= 15 is 0 Å². The average Bonchev–Trinajstić information content (AvgIpc) is 3.03. The standard InChI is InChI=1S/C15H24N2O3S/c1-2-3-4-6-12-7-5-8-14(12)16-17-15(18)13-9-10-21(19,20)11-13/h7,13H,2-6,8-11H2,1H3,(H,17,18)/b16-14-/t13-/m0/s1. The zero-order valence-electron chi connectivity index (χ0n) is 12.6. The summed E-state index contributed by atoms with van der Waals surface area (Å²) < 4.78 is 22.8. The van der Waals surface area contributed by atoms with Gasteiger partial charge in [0.1, 0.15) is 0 Å². The Hall–Kier alpha value is -1.17. The van der Waals surface area contributed by atoms with Gasteiger partial charge in [0.25, 0.3) is 0 Å². The smallest absolute Gasteiger partial charge is 0.244 e. The van der Waals surface area contributed by atoms with Gasteiger partial charge in [-0.05, 0) is 37.7 Å². The summed E-state index contributed by atoms with van der Waals surface area (Å²) in [6.07, 6.45) is 9.01. The maximum Gasteiger partial charge on any atom is 0.244 e. The first-order valence-corrected chi connectivity index (χ1v) is 9.60. The Balaban J connectivity index is 1.86. The molecule has 0 saturated carbocycles. The normalized spacial score (nSPS) is 26.0. The number of hydrogen-bond acceptors (Lipinski definition) is 4. The van der Waals surface area contributed by atoms with Crippen molar-refractivity contribution < 1.29 is 13.2 Å². The molecule has 0 unspecified atom stereocenters. The molecule has 1 N–H and O–H groups in total. The Labute approximate surface area is 126 Å². The van der Waals surface area contributed by atoms with Gasteiger partial charge in [0.05, 0.1) is 23.1 Å². The van der Waals surface area contributed by atoms with Crippen molar-refractivity contribution in [1.82, 2.24) is 5.43 Å². The number of carbonyl (C=O) groups excluding carboxylic acids is 1. The molecule has 1 fully saturated rings. The van der Waals surface area contributed by atoms with Crippen LogP contribution in [0.25, 0.3) is 0 Å². The van der Waals surface area contributed by atoms with E-state index in [0.29, 0.717) is 6.42 Å². The predicted octanol–water partition coefficient (Wildman–Crippen LogP) is 2.19. The van der Waals surface area contributed by atoms with E-state index in [1.165, 1.54) is 18.4 Å². The van der Waals surface area contributed by atoms with Crippen molar-refractivity contribution in [2.24, 2.45) is 11.0 Å². The fourth-order valence-electron chi connectivity index (χ4n) is 2.82. The number of carbonyl (C=O) groups is 1. The molecule has 1 amide bonds. The summed E-state index contributed by atoms with van der Waals surface area (Å²) in [7, 11) is -3.02. The molecule has 1 atom stereocenters. The van der Waals surface area contributed by atoms with E-state index in [-0.39, 0.29) is 17.4 Å². The molecule has 0 aromatic heterocycles. The van der Waals surface area contributed by atoms with E-state index in [9.17, 15) is 13.2 Å². The van der Waals surface area contributed by atoms with Crippen molar-refractivity contribution in [3.05, 3.63) is 11.6 Å². The molecule has 0 aromatic rings. The summed E-state index contributed by atoms with van der Waals surface area (Å²) in [6, 6.07) is 0. The lowest BCUT2D eigenvalue weighted by atomic mass is 10.1. The summed E-state index contributed by atoms with van der Waals surface area (Å²) in [5.74, 6) is -0.621. The van der Waals surface area contributed by atoms with E-state index < -0.39 is 15.8 Å². The fourth-order valence-corrected chi connectivity index (χ4v) is 4.56. The molecule has 21 heavy (non-hydrogen) atoms. The second-order valence-electron chi connectivity index (χ2n) is 5.86. The molecule has 1 aliphatic carbocycles. The van der Waals surface area contributed by atoms with Crippen molar-refractivity contribution in [1.29, 1.82) is 0 Å². The van der Waals surface area contributed by atoms with Gasteiger partial charge in [-0.2, -0.15) is 5.10 Å². The highest BCUT2D eigenvalue weighted by Crippen LogP contribution is 2.22. The number of amides is 1. The van der Waals surface area contributed by atoms with Crippen molar-refractivity contribution in [3.63, 3.8) is 0 Å². The zero-order chi connectivity index (χ0) is 15.3. The number of unbranched alkanes of at least 4 members (excludes halogenated alkanes) is 2. The monoisotopic (exact) mass is 312 g/mol. The van der Waals surface area contributed by atoms with Crippen molar-refractivity contribution >= 4 is 21.5 Å². The molecule has 118 valence electrons. The topological polar surface area (TPSA) is 75.6 Å². The van der Waals surface area contributed by atoms with Crippen LogP contribution in [0, 0.1) is 5.92 Å². The van der Waals surface area contributed by atoms with E-state index in [0.717, 1.165) is 31.4 Å². The molecule has 0 aromatic carbocycles. The van der Waals surface area contributed by atoms with Gasteiger partial charge in [-0.15, -0.1) is 0 Å². The first kappa shape index (κ1) is 16.2. The maximum absolute atomic E-state index is 12.0. The van der Waals surface area contributed by atoms with Crippen molar-refractivity contribution in [3.8, 4) is 0 Å². The lowest BCUT2D eigenvalue weighted by molar-refractivity contribution is -0.124. The summed E-state index contributed by atoms with van der Waals surface area (Å²) in [5, 5.41) is 4.23. The molecule has 0 bridgehead atoms. The second-order valence-corrected chi connectivity index (χ2v) is 8.09. The first-order chi connectivity index (χ1) is 10.0. The molecule has 1 saturated heterocycles. The van der Waals surface area contributed by atoms with Crippen LogP contribution in [-0.2, 0) is 14.6 Å². The Bertz CT molecular complexity index is 549. The van der Waals surface area contributed by atoms with Crippen LogP contribution in [0.5, 0.6) is 0 Å². The third kappa shape index (κ3) is 4.66. The second kappa shape index (κ2) is 7.20. The Morgan fingerprint density at radius 2 is 2.24 bits per heavy atom. The van der Waals surface area contributed by atoms with Gasteiger partial charge in [-0.25, -0.2) is 13.8 Å². The molecule has 2 aliphatic rings. The van der Waals surface area contributed by atoms with Crippen LogP contribution in [0.2, 0.25) is 0 Å². The molecule has 1 aliphatic heterocycles. The minimum absolute atomic E-state index is 0.0388. The molecular formula is C15H24N2O3S. The summed E-state index contributed by atoms with van der Waals surface area (Å²) in [4.78, 5) is 12.0. The maximum atomic E-state index is 12.0. The summed E-state index contributed by atoms with van der Waals surface area (Å²) in [5.41, 5.74) is 4.77. The van der Waals surface area contributed by atoms with E-state index in [4.69, 9.17) is 0 Å². The van der Waals surface area contributed by atoms with Crippen LogP contribution < -0.4 is 5.43 Å². The van der Waals surface area contributed by atoms with Crippen LogP contribution >= 0.6 is 0 Å². The van der Waals surface area contributed by atoms with Crippen LogP contribution in [0.15, 0.2) is 16.8 Å². The zero-order valence-corrected chi connectivity index (χ0v) is 13.4. The third-order valence-corrected chi connectivity index (χ3v) is 5.86. The highest BCUT2D eigenvalue weighted by molar-refractivity contribution is 7.91. The van der Waals surface area contributed by atoms with Gasteiger partial charge in [-0.1, -0.05) is 25.8 Å². The Morgan fingerprint density at radius 3 is 2.90 bits per heavy atom. The quantitative estimate of drug-likeness (QED) is 0.603. The SMILES string of the molecule is CCCCCC1=CCC/C1=N/NC(=O)[C@H]1CCS(=O)(=O)C1. The molecule has 1 heterocycles. The Kier molecular flexibility index (Phi) is 5.56. The number of nitrogens with zero attached hydrogens (tertiary/aromatic N) is 1. The van der Waals surface area contributed by atoms with E-state index in [1.807, 2.05) is 0 Å². The van der Waals surface area contributed by atoms with Gasteiger partial charge in [-0.3, -0.25) is 4.79 Å². The number of hydrogen-bond donors (Lipinski definition) is 1. The molecule has 0 spiro atoms. The number of hydrazone groups is 1. The average molecular weight is 312 g/mol. The molecule has 2 rings (SSSR count). The number of rotatable bonds is 6. The third-order valence-electron chi connectivity index (χ3n) is 4.10. The summed E-state index contributed by atoms with van der Waals surface area (Å²) in [6.45, 7) is 2.17. The number of nitrogens with one attached hydrogen (secondary N) is 1. The fraction of sp³-hybridized carbons (Fsp3) is 0.733. The highest BCUT2D eigenvalue weighted by Gasteiger charge is 2.33. The van der Waals surface area contributed by atoms with Crippen LogP contribution in [0.3, 0.4) is 0 Å². The lowest BCUT2D eigenvalue weighted by Gasteiger charge is -2.08. The number of allylic oxidation sites excluding steroid dienone is 2. The largest absolute Gasteiger partial charge is 0.273 e. The van der Waals surface area contributed by atoms with Crippen molar-refractivity contribution in [2.75, 3.05) is 11.5 Å². The minimum Gasteiger partial charge on any atom is -0.273 e. The van der Waals surface area contributed by atoms with Gasteiger partial charge in [0.2, 0.25) is 5.91 Å². The van der Waals surface area contributed by atoms with Gasteiger partial charge >= 0.3 is 0 Å². The molecule has 0 radical (unpaired) electrons. The van der Waals surface area contributed by atoms with Crippen LogP contribution in [-0.4, -0.2) is 31.5 Å². The Morgan fingerprint density at radius 1 is 1.43 bits per heavy atom. The lowest BCUT2D eigenvalue weighted by Crippen LogP contribution is -2.28. The van der Waals surface area contributed by atoms with Gasteiger partial charge < -0.3 is 0 Å². The minimum atomic E-state index is -3.02. The highest BCUT2D eigenvalue weighted by atomic mass is 32.2. The summed E-state index contributed by atoms with van der Waals surface area (Å²) >= 11 is 0. The molecule has 5 nitrogen and oxygen atoms in total. The number of sulfone groups is 1. The van der Waals surface area contributed by atoms with Gasteiger partial charge in [0.15, 0.2) is 9.84 Å². The molecular weight excluding hydrogens is 288 g/mol. The van der Waals surface area contributed by atoms with Crippen LogP contribution in [0.4, 0.5) is 0 Å². The van der Waals surface area contributed by atoms with E-state index in [1.54, 1.807) is 0 Å². The first-order valence-electron chi connectivity index (χ1n) is 7.78. The predicted molar refractivity (Wildman–Crippen MR) is 83.8 cm³/mol. The van der Waals surface area contributed by atoms with Crippen molar-refractivity contribution in [2.45, 2.75) is 51.9 Å². The van der Waals surface area contributed by atoms with Crippen LogP contribution in [0.1, 0.15) is 51.9 Å². The molecule has 6 heteroatoms. The van der Waals surface area contributed by atoms with Gasteiger partial charge in [0, 0.05) is 0 Å². The van der Waals surface area contributed by atoms with E-state index in [2.05, 4.69) is 23.5 Å².